The molecule has 2 aliphatic rings. The number of nitrogens with zero attached hydrogens (tertiary/aromatic N) is 2. The first-order valence-corrected chi connectivity index (χ1v) is 9.96. The van der Waals surface area contributed by atoms with Gasteiger partial charge in [-0.25, -0.2) is 8.78 Å². The second-order valence-electron chi connectivity index (χ2n) is 8.23. The van der Waals surface area contributed by atoms with Gasteiger partial charge >= 0.3 is 0 Å². The topological polar surface area (TPSA) is 66.6 Å². The number of hydrogen-bond acceptors (Lipinski definition) is 3. The van der Waals surface area contributed by atoms with Crippen molar-refractivity contribution in [2.45, 2.75) is 58.4 Å². The third-order valence-electron chi connectivity index (χ3n) is 6.02. The Bertz CT molecular complexity index is 781. The predicted octanol–water partition coefficient (Wildman–Crippen LogP) is 3.38. The van der Waals surface area contributed by atoms with E-state index < -0.39 is 17.7 Å². The van der Waals surface area contributed by atoms with Crippen LogP contribution in [0.3, 0.4) is 0 Å². The summed E-state index contributed by atoms with van der Waals surface area (Å²) in [5, 5.41) is 0. The molecule has 5 nitrogen and oxygen atoms in total. The Morgan fingerprint density at radius 2 is 1.89 bits per heavy atom. The number of amides is 2. The molecule has 2 N–H and O–H groups in total. The Labute approximate surface area is 164 Å². The SMILES string of the molecule is Cc1cc(C)c(N)c(C(=O)N2CCN(C(=O)C3CCCCC3(F)F)[C@H](C)C2)c1. The number of aryl methyl sites for hydroxylation is 2. The van der Waals surface area contributed by atoms with Crippen LogP contribution in [0, 0.1) is 19.8 Å². The molecular formula is C21H29F2N3O2. The molecule has 1 aliphatic carbocycles. The summed E-state index contributed by atoms with van der Waals surface area (Å²) in [6.45, 7) is 6.48. The fourth-order valence-electron chi connectivity index (χ4n) is 4.39. The van der Waals surface area contributed by atoms with E-state index in [4.69, 9.17) is 5.73 Å². The Balaban J connectivity index is 1.71. The summed E-state index contributed by atoms with van der Waals surface area (Å²) >= 11 is 0. The average molecular weight is 393 g/mol. The molecule has 2 amide bonds. The van der Waals surface area contributed by atoms with Crippen molar-refractivity contribution in [2.24, 2.45) is 5.92 Å². The number of carbonyl (C=O) groups is 2. The van der Waals surface area contributed by atoms with E-state index in [1.165, 1.54) is 4.90 Å². The smallest absolute Gasteiger partial charge is 0.259 e. The van der Waals surface area contributed by atoms with Crippen LogP contribution in [-0.4, -0.2) is 53.2 Å². The highest BCUT2D eigenvalue weighted by Crippen LogP contribution is 2.40. The first kappa shape index (κ1) is 20.6. The number of hydrogen-bond donors (Lipinski definition) is 1. The number of alkyl halides is 2. The number of benzene rings is 1. The second-order valence-corrected chi connectivity index (χ2v) is 8.23. The lowest BCUT2D eigenvalue weighted by atomic mass is 9.84. The van der Waals surface area contributed by atoms with Crippen LogP contribution in [0.5, 0.6) is 0 Å². The Morgan fingerprint density at radius 1 is 1.18 bits per heavy atom. The van der Waals surface area contributed by atoms with Gasteiger partial charge < -0.3 is 15.5 Å². The predicted molar refractivity (Wildman–Crippen MR) is 104 cm³/mol. The highest BCUT2D eigenvalue weighted by molar-refractivity contribution is 6.00. The zero-order valence-corrected chi connectivity index (χ0v) is 16.8. The van der Waals surface area contributed by atoms with Gasteiger partial charge in [-0.2, -0.15) is 0 Å². The van der Waals surface area contributed by atoms with Crippen LogP contribution in [-0.2, 0) is 4.79 Å². The normalized spacial score (nSPS) is 24.9. The lowest BCUT2D eigenvalue weighted by molar-refractivity contribution is -0.159. The van der Waals surface area contributed by atoms with E-state index in [0.717, 1.165) is 11.1 Å². The van der Waals surface area contributed by atoms with Crippen molar-refractivity contribution in [3.63, 3.8) is 0 Å². The molecule has 0 aromatic heterocycles. The van der Waals surface area contributed by atoms with Crippen molar-refractivity contribution in [1.82, 2.24) is 9.80 Å². The first-order chi connectivity index (χ1) is 13.1. The fourth-order valence-corrected chi connectivity index (χ4v) is 4.39. The molecule has 1 aromatic carbocycles. The van der Waals surface area contributed by atoms with E-state index >= 15 is 0 Å². The molecule has 1 saturated carbocycles. The minimum absolute atomic E-state index is 0.175. The summed E-state index contributed by atoms with van der Waals surface area (Å²) < 4.78 is 28.4. The van der Waals surface area contributed by atoms with Gasteiger partial charge in [-0.1, -0.05) is 12.5 Å². The van der Waals surface area contributed by atoms with Crippen LogP contribution in [0.1, 0.15) is 54.1 Å². The highest BCUT2D eigenvalue weighted by atomic mass is 19.3. The van der Waals surface area contributed by atoms with E-state index in [2.05, 4.69) is 0 Å². The molecule has 28 heavy (non-hydrogen) atoms. The van der Waals surface area contributed by atoms with Crippen molar-refractivity contribution in [3.05, 3.63) is 28.8 Å². The minimum Gasteiger partial charge on any atom is -0.398 e. The van der Waals surface area contributed by atoms with Gasteiger partial charge in [0.25, 0.3) is 11.8 Å². The van der Waals surface area contributed by atoms with Gasteiger partial charge in [-0.15, -0.1) is 0 Å². The standard InChI is InChI=1S/C21H29F2N3O2/c1-13-10-14(2)18(24)16(11-13)19(27)25-8-9-26(15(3)12-25)20(28)17-6-4-5-7-21(17,22)23/h10-11,15,17H,4-9,12,24H2,1-3H3/t15-,17?/m1/s1. The summed E-state index contributed by atoms with van der Waals surface area (Å²) in [5.74, 6) is -4.82. The molecule has 2 atom stereocenters. The van der Waals surface area contributed by atoms with Crippen molar-refractivity contribution >= 4 is 17.5 Å². The Kier molecular flexibility index (Phi) is 5.64. The lowest BCUT2D eigenvalue weighted by Gasteiger charge is -2.43. The number of halogens is 2. The van der Waals surface area contributed by atoms with Crippen LogP contribution in [0.4, 0.5) is 14.5 Å². The molecule has 0 spiro atoms. The van der Waals surface area contributed by atoms with Gasteiger partial charge in [0.05, 0.1) is 5.56 Å². The monoisotopic (exact) mass is 393 g/mol. The van der Waals surface area contributed by atoms with Crippen molar-refractivity contribution in [2.75, 3.05) is 25.4 Å². The van der Waals surface area contributed by atoms with E-state index in [0.29, 0.717) is 37.2 Å². The molecule has 1 saturated heterocycles. The fraction of sp³-hybridized carbons (Fsp3) is 0.619. The molecule has 1 heterocycles. The maximum absolute atomic E-state index is 14.2. The Morgan fingerprint density at radius 3 is 2.54 bits per heavy atom. The number of carbonyl (C=O) groups excluding carboxylic acids is 2. The molecule has 0 radical (unpaired) electrons. The molecule has 154 valence electrons. The molecule has 1 unspecified atom stereocenters. The molecule has 2 fully saturated rings. The van der Waals surface area contributed by atoms with Crippen molar-refractivity contribution in [3.8, 4) is 0 Å². The molecule has 1 aliphatic heterocycles. The largest absolute Gasteiger partial charge is 0.398 e. The van der Waals surface area contributed by atoms with Crippen molar-refractivity contribution in [1.29, 1.82) is 0 Å². The van der Waals surface area contributed by atoms with Gasteiger partial charge in [-0.3, -0.25) is 9.59 Å². The highest BCUT2D eigenvalue weighted by Gasteiger charge is 2.48. The summed E-state index contributed by atoms with van der Waals surface area (Å²) in [7, 11) is 0. The lowest BCUT2D eigenvalue weighted by Crippen LogP contribution is -2.58. The summed E-state index contributed by atoms with van der Waals surface area (Å²) in [6, 6.07) is 3.39. The zero-order chi connectivity index (χ0) is 20.6. The second kappa shape index (κ2) is 7.68. The quantitative estimate of drug-likeness (QED) is 0.784. The number of anilines is 1. The van der Waals surface area contributed by atoms with Gasteiger partial charge in [0.15, 0.2) is 0 Å². The first-order valence-electron chi connectivity index (χ1n) is 9.96. The maximum Gasteiger partial charge on any atom is 0.259 e. The molecule has 7 heteroatoms. The van der Waals surface area contributed by atoms with Crippen molar-refractivity contribution < 1.29 is 18.4 Å². The van der Waals surface area contributed by atoms with Gasteiger partial charge in [0, 0.05) is 37.8 Å². The summed E-state index contributed by atoms with van der Waals surface area (Å²) in [5.41, 5.74) is 8.83. The van der Waals surface area contributed by atoms with E-state index in [-0.39, 0.29) is 31.3 Å². The number of piperazine rings is 1. The average Bonchev–Trinajstić information content (AvgIpc) is 2.63. The molecule has 3 rings (SSSR count). The molecule has 1 aromatic rings. The van der Waals surface area contributed by atoms with Crippen LogP contribution in [0.25, 0.3) is 0 Å². The van der Waals surface area contributed by atoms with E-state index in [9.17, 15) is 18.4 Å². The number of rotatable bonds is 2. The van der Waals surface area contributed by atoms with Gasteiger partial charge in [0.2, 0.25) is 5.91 Å². The van der Waals surface area contributed by atoms with E-state index in [1.54, 1.807) is 11.0 Å². The summed E-state index contributed by atoms with van der Waals surface area (Å²) in [4.78, 5) is 29.0. The maximum atomic E-state index is 14.2. The number of nitrogens with two attached hydrogens (primary N) is 1. The third kappa shape index (κ3) is 3.84. The third-order valence-corrected chi connectivity index (χ3v) is 6.02. The molecule has 0 bridgehead atoms. The van der Waals surface area contributed by atoms with Gasteiger partial charge in [-0.05, 0) is 50.8 Å². The van der Waals surface area contributed by atoms with Crippen LogP contribution in [0.2, 0.25) is 0 Å². The van der Waals surface area contributed by atoms with Crippen LogP contribution >= 0.6 is 0 Å². The van der Waals surface area contributed by atoms with Gasteiger partial charge in [0.1, 0.15) is 5.92 Å². The number of nitrogen functional groups attached to an aromatic ring is 1. The van der Waals surface area contributed by atoms with Crippen LogP contribution < -0.4 is 5.73 Å². The molecular weight excluding hydrogens is 364 g/mol. The van der Waals surface area contributed by atoms with Crippen LogP contribution in [0.15, 0.2) is 12.1 Å². The Hall–Kier alpha value is -2.18. The van der Waals surface area contributed by atoms with E-state index in [1.807, 2.05) is 26.8 Å². The minimum atomic E-state index is -2.93. The zero-order valence-electron chi connectivity index (χ0n) is 16.8. The summed E-state index contributed by atoms with van der Waals surface area (Å²) in [6.07, 6.45) is 1.13.